The first-order valence-corrected chi connectivity index (χ1v) is 5.31. The Morgan fingerprint density at radius 1 is 1.07 bits per heavy atom. The van der Waals surface area contributed by atoms with Crippen LogP contribution in [0.1, 0.15) is 32.6 Å². The lowest BCUT2D eigenvalue weighted by molar-refractivity contribution is -0.119. The largest absolute Gasteiger partial charge is 0.356 e. The van der Waals surface area contributed by atoms with Gasteiger partial charge in [0.1, 0.15) is 0 Å². The summed E-state index contributed by atoms with van der Waals surface area (Å²) in [5.41, 5.74) is 0. The fourth-order valence-electron chi connectivity index (χ4n) is 1.15. The first kappa shape index (κ1) is 13.7. The number of nitrogens with one attached hydrogen (secondary N) is 2. The molecular weight excluding hydrogens is 192 g/mol. The fraction of sp³-hybridized carbons (Fsp3) is 0.636. The lowest BCUT2D eigenvalue weighted by Crippen LogP contribution is -2.22. The van der Waals surface area contributed by atoms with E-state index in [1.165, 1.54) is 13.0 Å². The van der Waals surface area contributed by atoms with E-state index in [0.29, 0.717) is 6.54 Å². The predicted octanol–water partition coefficient (Wildman–Crippen LogP) is 0.985. The minimum absolute atomic E-state index is 0.0215. The molecule has 0 aromatic rings. The molecule has 0 aliphatic heterocycles. The van der Waals surface area contributed by atoms with E-state index >= 15 is 0 Å². The second-order valence-corrected chi connectivity index (χ2v) is 3.39. The first-order valence-electron chi connectivity index (χ1n) is 5.31. The number of unbranched alkanes of at least 4 members (excludes halogenated alkanes) is 3. The van der Waals surface area contributed by atoms with E-state index in [-0.39, 0.29) is 11.8 Å². The molecule has 0 aliphatic carbocycles. The molecule has 0 saturated heterocycles. The van der Waals surface area contributed by atoms with Gasteiger partial charge in [-0.1, -0.05) is 19.4 Å². The van der Waals surface area contributed by atoms with Crippen LogP contribution < -0.4 is 10.6 Å². The van der Waals surface area contributed by atoms with Gasteiger partial charge in [0, 0.05) is 20.0 Å². The molecule has 86 valence electrons. The Labute approximate surface area is 91.1 Å². The summed E-state index contributed by atoms with van der Waals surface area (Å²) >= 11 is 0. The highest BCUT2D eigenvalue weighted by Gasteiger charge is 1.94. The maximum absolute atomic E-state index is 10.7. The summed E-state index contributed by atoms with van der Waals surface area (Å²) in [6.07, 6.45) is 5.38. The Morgan fingerprint density at radius 2 is 1.60 bits per heavy atom. The van der Waals surface area contributed by atoms with Crippen molar-refractivity contribution in [1.29, 1.82) is 0 Å². The van der Waals surface area contributed by atoms with Gasteiger partial charge in [-0.15, -0.1) is 0 Å². The minimum atomic E-state index is -0.117. The second-order valence-electron chi connectivity index (χ2n) is 3.39. The second kappa shape index (κ2) is 9.24. The van der Waals surface area contributed by atoms with Crippen molar-refractivity contribution in [3.8, 4) is 0 Å². The number of carbonyl (C=O) groups is 2. The van der Waals surface area contributed by atoms with Crippen LogP contribution in [0.15, 0.2) is 12.7 Å². The molecule has 15 heavy (non-hydrogen) atoms. The zero-order valence-electron chi connectivity index (χ0n) is 9.34. The average Bonchev–Trinajstić information content (AvgIpc) is 2.21. The first-order chi connectivity index (χ1) is 7.16. The van der Waals surface area contributed by atoms with E-state index in [9.17, 15) is 9.59 Å². The molecule has 0 aromatic carbocycles. The van der Waals surface area contributed by atoms with Crippen molar-refractivity contribution in [2.24, 2.45) is 0 Å². The van der Waals surface area contributed by atoms with Crippen molar-refractivity contribution in [3.05, 3.63) is 12.7 Å². The van der Waals surface area contributed by atoms with Crippen LogP contribution in [0.3, 0.4) is 0 Å². The van der Waals surface area contributed by atoms with Crippen LogP contribution in [-0.2, 0) is 9.59 Å². The van der Waals surface area contributed by atoms with Crippen molar-refractivity contribution < 1.29 is 9.59 Å². The number of rotatable bonds is 8. The quantitative estimate of drug-likeness (QED) is 0.465. The third kappa shape index (κ3) is 10.6. The third-order valence-corrected chi connectivity index (χ3v) is 1.96. The molecule has 0 aliphatic rings. The zero-order valence-corrected chi connectivity index (χ0v) is 9.34. The van der Waals surface area contributed by atoms with Crippen LogP contribution in [0.4, 0.5) is 0 Å². The van der Waals surface area contributed by atoms with Gasteiger partial charge >= 0.3 is 0 Å². The van der Waals surface area contributed by atoms with Gasteiger partial charge in [0.15, 0.2) is 0 Å². The summed E-state index contributed by atoms with van der Waals surface area (Å²) in [6, 6.07) is 0. The lowest BCUT2D eigenvalue weighted by Gasteiger charge is -2.03. The van der Waals surface area contributed by atoms with E-state index in [2.05, 4.69) is 17.2 Å². The molecule has 2 amide bonds. The Bertz CT molecular complexity index is 215. The highest BCUT2D eigenvalue weighted by molar-refractivity contribution is 5.86. The minimum Gasteiger partial charge on any atom is -0.356 e. The number of hydrogen-bond donors (Lipinski definition) is 2. The van der Waals surface area contributed by atoms with E-state index in [4.69, 9.17) is 0 Å². The smallest absolute Gasteiger partial charge is 0.243 e. The Kier molecular flexibility index (Phi) is 8.43. The van der Waals surface area contributed by atoms with Gasteiger partial charge in [0.05, 0.1) is 0 Å². The third-order valence-electron chi connectivity index (χ3n) is 1.96. The maximum atomic E-state index is 10.7. The molecule has 0 rings (SSSR count). The monoisotopic (exact) mass is 212 g/mol. The van der Waals surface area contributed by atoms with Gasteiger partial charge in [-0.2, -0.15) is 0 Å². The van der Waals surface area contributed by atoms with Gasteiger partial charge in [-0.25, -0.2) is 0 Å². The van der Waals surface area contributed by atoms with Crippen molar-refractivity contribution >= 4 is 11.8 Å². The molecule has 4 heteroatoms. The van der Waals surface area contributed by atoms with Crippen LogP contribution >= 0.6 is 0 Å². The number of carbonyl (C=O) groups excluding carboxylic acids is 2. The zero-order chi connectivity index (χ0) is 11.5. The predicted molar refractivity (Wildman–Crippen MR) is 60.4 cm³/mol. The van der Waals surface area contributed by atoms with Crippen LogP contribution in [0, 0.1) is 0 Å². The molecule has 0 radical (unpaired) electrons. The molecule has 0 saturated carbocycles. The summed E-state index contributed by atoms with van der Waals surface area (Å²) < 4.78 is 0. The van der Waals surface area contributed by atoms with Crippen molar-refractivity contribution in [1.82, 2.24) is 10.6 Å². The molecule has 0 atom stereocenters. The van der Waals surface area contributed by atoms with E-state index < -0.39 is 0 Å². The number of amides is 2. The average molecular weight is 212 g/mol. The highest BCUT2D eigenvalue weighted by atomic mass is 16.2. The van der Waals surface area contributed by atoms with Gasteiger partial charge in [-0.3, -0.25) is 9.59 Å². The normalized spacial score (nSPS) is 9.40. The molecule has 0 fully saturated rings. The molecule has 4 nitrogen and oxygen atoms in total. The molecule has 0 bridgehead atoms. The van der Waals surface area contributed by atoms with Crippen molar-refractivity contribution in [3.63, 3.8) is 0 Å². The van der Waals surface area contributed by atoms with Crippen molar-refractivity contribution in [2.45, 2.75) is 32.6 Å². The van der Waals surface area contributed by atoms with E-state index in [1.54, 1.807) is 0 Å². The van der Waals surface area contributed by atoms with Crippen LogP contribution in [0.5, 0.6) is 0 Å². The van der Waals surface area contributed by atoms with Crippen molar-refractivity contribution in [2.75, 3.05) is 13.1 Å². The van der Waals surface area contributed by atoms with E-state index in [0.717, 1.165) is 32.2 Å². The van der Waals surface area contributed by atoms with E-state index in [1.807, 2.05) is 0 Å². The SMILES string of the molecule is C=CC(=O)NCCCCCCNC(C)=O. The lowest BCUT2D eigenvalue weighted by atomic mass is 10.2. The Morgan fingerprint density at radius 3 is 2.07 bits per heavy atom. The summed E-state index contributed by atoms with van der Waals surface area (Å²) in [5, 5.41) is 5.46. The standard InChI is InChI=1S/C11H20N2O2/c1-3-11(15)13-9-7-5-4-6-8-12-10(2)14/h3H,1,4-9H2,2H3,(H,12,14)(H,13,15). The topological polar surface area (TPSA) is 58.2 Å². The van der Waals surface area contributed by atoms with Gasteiger partial charge in [0.2, 0.25) is 11.8 Å². The van der Waals surface area contributed by atoms with Crippen LogP contribution in [-0.4, -0.2) is 24.9 Å². The summed E-state index contributed by atoms with van der Waals surface area (Å²) in [4.78, 5) is 21.3. The highest BCUT2D eigenvalue weighted by Crippen LogP contribution is 1.97. The molecule has 0 spiro atoms. The van der Waals surface area contributed by atoms with Crippen LogP contribution in [0.2, 0.25) is 0 Å². The molecule has 2 N–H and O–H groups in total. The van der Waals surface area contributed by atoms with Gasteiger partial charge in [0.25, 0.3) is 0 Å². The maximum Gasteiger partial charge on any atom is 0.243 e. The molecular formula is C11H20N2O2. The van der Waals surface area contributed by atoms with Crippen LogP contribution in [0.25, 0.3) is 0 Å². The summed E-state index contributed by atoms with van der Waals surface area (Å²) in [7, 11) is 0. The summed E-state index contributed by atoms with van der Waals surface area (Å²) in [6.45, 7) is 6.33. The van der Waals surface area contributed by atoms with Gasteiger partial charge in [-0.05, 0) is 18.9 Å². The number of hydrogen-bond acceptors (Lipinski definition) is 2. The van der Waals surface area contributed by atoms with Gasteiger partial charge < -0.3 is 10.6 Å². The molecule has 0 heterocycles. The molecule has 0 aromatic heterocycles. The Balaban J connectivity index is 3.08. The molecule has 0 unspecified atom stereocenters. The Hall–Kier alpha value is -1.32. The fourth-order valence-corrected chi connectivity index (χ4v) is 1.15. The summed E-state index contributed by atoms with van der Waals surface area (Å²) in [5.74, 6) is -0.0958.